The highest BCUT2D eigenvalue weighted by molar-refractivity contribution is 5.75. The predicted molar refractivity (Wildman–Crippen MR) is 68.8 cm³/mol. The van der Waals surface area contributed by atoms with Gasteiger partial charge < -0.3 is 19.7 Å². The lowest BCUT2D eigenvalue weighted by Gasteiger charge is -2.64. The molecule has 2 N–H and O–H groups in total. The Kier molecular flexibility index (Phi) is 2.73. The molecule has 0 aromatic rings. The summed E-state index contributed by atoms with van der Waals surface area (Å²) in [4.78, 5) is 11.7. The molecule has 2 atom stereocenters. The Morgan fingerprint density at radius 1 is 1.10 bits per heavy atom. The normalized spacial score (nSPS) is 53.5. The molecule has 0 amide bonds. The third kappa shape index (κ3) is 1.57. The van der Waals surface area contributed by atoms with Gasteiger partial charge in [-0.1, -0.05) is 0 Å². The number of aliphatic hydroxyl groups is 1. The Hall–Kier alpha value is -0.650. The summed E-state index contributed by atoms with van der Waals surface area (Å²) in [5.74, 6) is -0.172. The monoisotopic (exact) mass is 282 g/mol. The second-order valence-corrected chi connectivity index (χ2v) is 7.32. The van der Waals surface area contributed by atoms with Crippen LogP contribution in [0.4, 0.5) is 0 Å². The number of hydrogen-bond donors (Lipinski definition) is 2. The van der Waals surface area contributed by atoms with Crippen molar-refractivity contribution in [2.45, 2.75) is 37.9 Å². The summed E-state index contributed by atoms with van der Waals surface area (Å²) in [5, 5.41) is 18.8. The van der Waals surface area contributed by atoms with E-state index in [1.165, 1.54) is 0 Å². The van der Waals surface area contributed by atoms with E-state index >= 15 is 0 Å². The summed E-state index contributed by atoms with van der Waals surface area (Å²) in [7, 11) is 0. The molecule has 1 aliphatic heterocycles. The fourth-order valence-electron chi connectivity index (χ4n) is 5.35. The van der Waals surface area contributed by atoms with Crippen LogP contribution < -0.4 is 0 Å². The molecule has 0 aromatic carbocycles. The first-order chi connectivity index (χ1) is 9.58. The molecule has 5 nitrogen and oxygen atoms in total. The number of carboxylic acid groups (broad SMARTS) is 1. The van der Waals surface area contributed by atoms with E-state index in [1.54, 1.807) is 0 Å². The Morgan fingerprint density at radius 2 is 1.70 bits per heavy atom. The van der Waals surface area contributed by atoms with Crippen molar-refractivity contribution in [1.29, 1.82) is 0 Å². The van der Waals surface area contributed by atoms with Gasteiger partial charge in [0.15, 0.2) is 5.79 Å². The van der Waals surface area contributed by atoms with Crippen molar-refractivity contribution >= 4 is 5.97 Å². The van der Waals surface area contributed by atoms with Crippen LogP contribution in [0.15, 0.2) is 0 Å². The van der Waals surface area contributed by atoms with Gasteiger partial charge in [-0.2, -0.15) is 0 Å². The standard InChI is InChI=1S/C15H22O5/c16-6-10-7-19-15(20-8-10)11-1-9-2-12(15)5-14(3-9,4-11)13(17)18/h9-12,16H,1-8H2,(H,17,18). The first-order valence-electron chi connectivity index (χ1n) is 7.70. The van der Waals surface area contributed by atoms with Crippen molar-refractivity contribution in [2.75, 3.05) is 19.8 Å². The highest BCUT2D eigenvalue weighted by Gasteiger charge is 2.66. The van der Waals surface area contributed by atoms with E-state index in [2.05, 4.69) is 0 Å². The quantitative estimate of drug-likeness (QED) is 0.797. The maximum Gasteiger partial charge on any atom is 0.309 e. The minimum atomic E-state index is -0.629. The number of aliphatic hydroxyl groups excluding tert-OH is 1. The van der Waals surface area contributed by atoms with E-state index in [9.17, 15) is 15.0 Å². The van der Waals surface area contributed by atoms with Crippen LogP contribution in [0.25, 0.3) is 0 Å². The van der Waals surface area contributed by atoms with E-state index in [-0.39, 0.29) is 24.4 Å². The molecule has 4 bridgehead atoms. The Balaban J connectivity index is 1.62. The van der Waals surface area contributed by atoms with Crippen LogP contribution in [0.5, 0.6) is 0 Å². The van der Waals surface area contributed by atoms with Crippen LogP contribution in [-0.2, 0) is 14.3 Å². The van der Waals surface area contributed by atoms with Gasteiger partial charge >= 0.3 is 5.97 Å². The topological polar surface area (TPSA) is 76.0 Å². The number of rotatable bonds is 2. The summed E-state index contributed by atoms with van der Waals surface area (Å²) in [6.07, 6.45) is 4.30. The average Bonchev–Trinajstić information content (AvgIpc) is 2.44. The predicted octanol–water partition coefficient (Wildman–Crippen LogP) is 1.25. The third-order valence-electron chi connectivity index (χ3n) is 6.13. The molecule has 0 radical (unpaired) electrons. The summed E-state index contributed by atoms with van der Waals surface area (Å²) in [5.41, 5.74) is -0.525. The molecule has 4 aliphatic carbocycles. The Labute approximate surface area is 118 Å². The molecule has 5 aliphatic rings. The molecule has 1 saturated heterocycles. The number of aliphatic carboxylic acids is 1. The van der Waals surface area contributed by atoms with Crippen molar-refractivity contribution in [3.8, 4) is 0 Å². The Bertz CT molecular complexity index is 408. The maximum absolute atomic E-state index is 11.7. The molecule has 0 aromatic heterocycles. The first-order valence-corrected chi connectivity index (χ1v) is 7.70. The SMILES string of the molecule is O=C(O)C12CC3CC(C1)C1(OCC(CO)CO1)C(C3)C2. The van der Waals surface area contributed by atoms with Crippen LogP contribution in [0.1, 0.15) is 32.1 Å². The van der Waals surface area contributed by atoms with E-state index in [0.29, 0.717) is 32.0 Å². The lowest BCUT2D eigenvalue weighted by atomic mass is 9.47. The summed E-state index contributed by atoms with van der Waals surface area (Å²) >= 11 is 0. The van der Waals surface area contributed by atoms with Gasteiger partial charge in [-0.05, 0) is 38.0 Å². The highest BCUT2D eigenvalue weighted by atomic mass is 16.7. The molecule has 20 heavy (non-hydrogen) atoms. The van der Waals surface area contributed by atoms with Crippen LogP contribution in [0.2, 0.25) is 0 Å². The summed E-state index contributed by atoms with van der Waals surface area (Å²) < 4.78 is 12.2. The van der Waals surface area contributed by atoms with E-state index in [4.69, 9.17) is 9.47 Å². The van der Waals surface area contributed by atoms with Crippen LogP contribution in [0.3, 0.4) is 0 Å². The zero-order valence-electron chi connectivity index (χ0n) is 11.6. The summed E-state index contributed by atoms with van der Waals surface area (Å²) in [6.45, 7) is 1.16. The molecule has 1 heterocycles. The summed E-state index contributed by atoms with van der Waals surface area (Å²) in [6, 6.07) is 0. The van der Waals surface area contributed by atoms with E-state index in [0.717, 1.165) is 19.3 Å². The second kappa shape index (κ2) is 4.18. The first kappa shape index (κ1) is 13.0. The second-order valence-electron chi connectivity index (χ2n) is 7.32. The molecular weight excluding hydrogens is 260 g/mol. The molecule has 2 unspecified atom stereocenters. The minimum absolute atomic E-state index is 0.0613. The lowest BCUT2D eigenvalue weighted by Crippen LogP contribution is -2.66. The average molecular weight is 282 g/mol. The fourth-order valence-corrected chi connectivity index (χ4v) is 5.35. The van der Waals surface area contributed by atoms with E-state index < -0.39 is 17.2 Å². The molecule has 112 valence electrons. The number of hydrogen-bond acceptors (Lipinski definition) is 4. The van der Waals surface area contributed by atoms with Crippen molar-refractivity contribution in [1.82, 2.24) is 0 Å². The number of carbonyl (C=O) groups is 1. The molecule has 1 spiro atoms. The van der Waals surface area contributed by atoms with Gasteiger partial charge in [0.2, 0.25) is 0 Å². The lowest BCUT2D eigenvalue weighted by molar-refractivity contribution is -0.375. The van der Waals surface area contributed by atoms with E-state index in [1.807, 2.05) is 0 Å². The van der Waals surface area contributed by atoms with Crippen molar-refractivity contribution in [3.05, 3.63) is 0 Å². The van der Waals surface area contributed by atoms with Crippen LogP contribution in [-0.4, -0.2) is 41.8 Å². The molecule has 4 saturated carbocycles. The van der Waals surface area contributed by atoms with Gasteiger partial charge in [-0.15, -0.1) is 0 Å². The molecule has 5 heteroatoms. The zero-order valence-corrected chi connectivity index (χ0v) is 11.6. The largest absolute Gasteiger partial charge is 0.481 e. The van der Waals surface area contributed by atoms with Crippen LogP contribution >= 0.6 is 0 Å². The van der Waals surface area contributed by atoms with Gasteiger partial charge in [0, 0.05) is 17.8 Å². The van der Waals surface area contributed by atoms with Gasteiger partial charge in [-0.25, -0.2) is 0 Å². The molecule has 5 fully saturated rings. The van der Waals surface area contributed by atoms with Crippen molar-refractivity contribution in [3.63, 3.8) is 0 Å². The Morgan fingerprint density at radius 3 is 2.20 bits per heavy atom. The minimum Gasteiger partial charge on any atom is -0.481 e. The highest BCUT2D eigenvalue weighted by Crippen LogP contribution is 2.65. The number of ether oxygens (including phenoxy) is 2. The van der Waals surface area contributed by atoms with Gasteiger partial charge in [-0.3, -0.25) is 4.79 Å². The number of carboxylic acids is 1. The molecular formula is C15H22O5. The zero-order chi connectivity index (χ0) is 14.0. The van der Waals surface area contributed by atoms with Crippen molar-refractivity contribution < 1.29 is 24.5 Å². The molecule has 5 rings (SSSR count). The maximum atomic E-state index is 11.7. The van der Waals surface area contributed by atoms with Gasteiger partial charge in [0.05, 0.1) is 25.2 Å². The smallest absolute Gasteiger partial charge is 0.309 e. The van der Waals surface area contributed by atoms with Gasteiger partial charge in [0.25, 0.3) is 0 Å². The van der Waals surface area contributed by atoms with Gasteiger partial charge in [0.1, 0.15) is 0 Å². The fraction of sp³-hybridized carbons (Fsp3) is 0.933. The van der Waals surface area contributed by atoms with Crippen molar-refractivity contribution in [2.24, 2.45) is 29.1 Å². The van der Waals surface area contributed by atoms with Crippen LogP contribution in [0, 0.1) is 29.1 Å². The third-order valence-corrected chi connectivity index (χ3v) is 6.13.